The van der Waals surface area contributed by atoms with E-state index in [2.05, 4.69) is 5.32 Å². The molecular formula is C37H40N2O6. The molecule has 0 aliphatic carbocycles. The highest BCUT2D eigenvalue weighted by Gasteiger charge is 2.28. The van der Waals surface area contributed by atoms with E-state index in [0.717, 1.165) is 11.3 Å². The van der Waals surface area contributed by atoms with E-state index in [1.807, 2.05) is 93.6 Å². The first-order valence-corrected chi connectivity index (χ1v) is 14.8. The number of nitrogens with one attached hydrogen (secondary N) is 1. The number of para-hydroxylation sites is 1. The van der Waals surface area contributed by atoms with Crippen LogP contribution in [-0.4, -0.2) is 51.1 Å². The maximum atomic E-state index is 13.3. The predicted molar refractivity (Wildman–Crippen MR) is 176 cm³/mol. The molecule has 234 valence electrons. The lowest BCUT2D eigenvalue weighted by Gasteiger charge is -2.29. The number of esters is 1. The number of carbonyl (C=O) groups is 3. The fourth-order valence-electron chi connectivity index (χ4n) is 4.82. The van der Waals surface area contributed by atoms with E-state index in [9.17, 15) is 14.4 Å². The molecule has 0 radical (unpaired) electrons. The Kier molecular flexibility index (Phi) is 11.0. The van der Waals surface area contributed by atoms with Gasteiger partial charge in [-0.25, -0.2) is 4.79 Å². The normalized spacial score (nSPS) is 11.7. The number of hydrogen-bond donors (Lipinski definition) is 1. The number of hydrogen-bond acceptors (Lipinski definition) is 7. The van der Waals surface area contributed by atoms with Crippen molar-refractivity contribution >= 4 is 29.0 Å². The molecule has 0 fully saturated rings. The van der Waals surface area contributed by atoms with Crippen LogP contribution >= 0.6 is 0 Å². The number of benzene rings is 4. The van der Waals surface area contributed by atoms with Crippen molar-refractivity contribution in [2.45, 2.75) is 33.2 Å². The molecule has 8 heteroatoms. The van der Waals surface area contributed by atoms with E-state index in [4.69, 9.17) is 14.2 Å². The Morgan fingerprint density at radius 3 is 2.16 bits per heavy atom. The van der Waals surface area contributed by atoms with Crippen LogP contribution in [0.5, 0.6) is 11.5 Å². The minimum Gasteiger partial charge on any atom is -0.497 e. The Morgan fingerprint density at radius 2 is 1.49 bits per heavy atom. The van der Waals surface area contributed by atoms with Gasteiger partial charge in [-0.05, 0) is 42.0 Å². The molecule has 0 spiro atoms. The van der Waals surface area contributed by atoms with Gasteiger partial charge < -0.3 is 24.4 Å². The zero-order valence-corrected chi connectivity index (χ0v) is 26.4. The molecule has 4 rings (SSSR count). The van der Waals surface area contributed by atoms with Gasteiger partial charge in [-0.3, -0.25) is 9.59 Å². The van der Waals surface area contributed by atoms with Crippen LogP contribution in [0, 0.1) is 5.41 Å². The van der Waals surface area contributed by atoms with Crippen LogP contribution in [0.25, 0.3) is 0 Å². The minimum absolute atomic E-state index is 0.0249. The van der Waals surface area contributed by atoms with E-state index >= 15 is 0 Å². The number of amides is 1. The third-order valence-corrected chi connectivity index (χ3v) is 7.22. The van der Waals surface area contributed by atoms with E-state index in [1.165, 1.54) is 7.11 Å². The van der Waals surface area contributed by atoms with Crippen molar-refractivity contribution in [1.82, 2.24) is 0 Å². The smallest absolute Gasteiger partial charge is 0.328 e. The summed E-state index contributed by atoms with van der Waals surface area (Å²) in [5, 5.41) is 3.23. The van der Waals surface area contributed by atoms with Gasteiger partial charge in [0, 0.05) is 40.4 Å². The summed E-state index contributed by atoms with van der Waals surface area (Å²) in [7, 11) is 2.94. The van der Waals surface area contributed by atoms with Crippen LogP contribution in [0.3, 0.4) is 0 Å². The van der Waals surface area contributed by atoms with Gasteiger partial charge in [0.25, 0.3) is 0 Å². The van der Waals surface area contributed by atoms with E-state index in [-0.39, 0.29) is 18.3 Å². The average molecular weight is 609 g/mol. The van der Waals surface area contributed by atoms with Crippen molar-refractivity contribution in [3.8, 4) is 11.5 Å². The standard InChI is InChI=1S/C37H40N2O6/c1-37(2,3)36(42)39(28-14-11-15-30(25-28)43-4)22-23-45-29-20-18-26(19-21-29)24-33(35(41)44-5)38-32-17-10-9-16-31(32)34(40)27-12-7-6-8-13-27/h6-21,25,33,38H,22-24H2,1-5H3/t33-/m0/s1. The summed E-state index contributed by atoms with van der Waals surface area (Å²) >= 11 is 0. The maximum Gasteiger partial charge on any atom is 0.328 e. The highest BCUT2D eigenvalue weighted by Crippen LogP contribution is 2.27. The molecule has 0 saturated carbocycles. The second-order valence-electron chi connectivity index (χ2n) is 11.6. The molecule has 4 aromatic rings. The third kappa shape index (κ3) is 8.72. The molecule has 8 nitrogen and oxygen atoms in total. The molecule has 1 amide bonds. The number of anilines is 2. The highest BCUT2D eigenvalue weighted by atomic mass is 16.5. The van der Waals surface area contributed by atoms with Crippen LogP contribution in [0.4, 0.5) is 11.4 Å². The van der Waals surface area contributed by atoms with Crippen LogP contribution in [0.2, 0.25) is 0 Å². The molecule has 4 aromatic carbocycles. The Bertz CT molecular complexity index is 1600. The first-order chi connectivity index (χ1) is 21.6. The topological polar surface area (TPSA) is 94.2 Å². The van der Waals surface area contributed by atoms with Crippen molar-refractivity contribution in [2.24, 2.45) is 5.41 Å². The van der Waals surface area contributed by atoms with Crippen molar-refractivity contribution in [3.63, 3.8) is 0 Å². The molecule has 0 heterocycles. The van der Waals surface area contributed by atoms with Gasteiger partial charge >= 0.3 is 5.97 Å². The predicted octanol–water partition coefficient (Wildman–Crippen LogP) is 6.58. The molecule has 0 saturated heterocycles. The summed E-state index contributed by atoms with van der Waals surface area (Å²) in [5.41, 5.74) is 2.61. The number of methoxy groups -OCH3 is 2. The highest BCUT2D eigenvalue weighted by molar-refractivity contribution is 6.12. The van der Waals surface area contributed by atoms with Crippen molar-refractivity contribution in [2.75, 3.05) is 37.6 Å². The van der Waals surface area contributed by atoms with Crippen LogP contribution in [0.15, 0.2) is 103 Å². The van der Waals surface area contributed by atoms with Gasteiger partial charge in [0.05, 0.1) is 20.8 Å². The average Bonchev–Trinajstić information content (AvgIpc) is 3.06. The van der Waals surface area contributed by atoms with Gasteiger partial charge in [0.1, 0.15) is 24.1 Å². The number of carbonyl (C=O) groups excluding carboxylic acids is 3. The fraction of sp³-hybridized carbons (Fsp3) is 0.270. The summed E-state index contributed by atoms with van der Waals surface area (Å²) in [6.45, 7) is 6.28. The largest absolute Gasteiger partial charge is 0.497 e. The zero-order chi connectivity index (χ0) is 32.4. The Balaban J connectivity index is 1.43. The number of ether oxygens (including phenoxy) is 3. The molecule has 0 aliphatic heterocycles. The van der Waals surface area contributed by atoms with E-state index in [0.29, 0.717) is 41.3 Å². The molecule has 0 aliphatic rings. The third-order valence-electron chi connectivity index (χ3n) is 7.22. The second kappa shape index (κ2) is 15.1. The van der Waals surface area contributed by atoms with Gasteiger partial charge in [-0.2, -0.15) is 0 Å². The summed E-state index contributed by atoms with van der Waals surface area (Å²) in [5.74, 6) is 0.690. The molecule has 45 heavy (non-hydrogen) atoms. The van der Waals surface area contributed by atoms with Crippen LogP contribution in [-0.2, 0) is 20.7 Å². The summed E-state index contributed by atoms with van der Waals surface area (Å²) < 4.78 is 16.5. The lowest BCUT2D eigenvalue weighted by Crippen LogP contribution is -2.41. The molecule has 0 bridgehead atoms. The maximum absolute atomic E-state index is 13.3. The summed E-state index contributed by atoms with van der Waals surface area (Å²) in [6.07, 6.45) is 0.324. The second-order valence-corrected chi connectivity index (χ2v) is 11.6. The molecule has 1 atom stereocenters. The Morgan fingerprint density at radius 1 is 0.800 bits per heavy atom. The Labute approximate surface area is 264 Å². The van der Waals surface area contributed by atoms with Gasteiger partial charge in [-0.15, -0.1) is 0 Å². The zero-order valence-electron chi connectivity index (χ0n) is 26.4. The van der Waals surface area contributed by atoms with Gasteiger partial charge in [-0.1, -0.05) is 81.4 Å². The minimum atomic E-state index is -0.730. The van der Waals surface area contributed by atoms with Crippen molar-refractivity contribution in [3.05, 3.63) is 120 Å². The monoisotopic (exact) mass is 608 g/mol. The lowest BCUT2D eigenvalue weighted by atomic mass is 9.94. The van der Waals surface area contributed by atoms with Crippen LogP contribution < -0.4 is 19.7 Å². The first kappa shape index (κ1) is 32.8. The van der Waals surface area contributed by atoms with Gasteiger partial charge in [0.2, 0.25) is 5.91 Å². The van der Waals surface area contributed by atoms with Crippen LogP contribution in [0.1, 0.15) is 42.3 Å². The molecule has 0 unspecified atom stereocenters. The Hall–Kier alpha value is -5.11. The number of ketones is 1. The quantitative estimate of drug-likeness (QED) is 0.135. The van der Waals surface area contributed by atoms with Crippen molar-refractivity contribution < 1.29 is 28.6 Å². The number of nitrogens with zero attached hydrogens (tertiary/aromatic N) is 1. The SMILES string of the molecule is COC(=O)[C@H](Cc1ccc(OCCN(C(=O)C(C)(C)C)c2cccc(OC)c2)cc1)Nc1ccccc1C(=O)c1ccccc1. The van der Waals surface area contributed by atoms with E-state index in [1.54, 1.807) is 42.3 Å². The summed E-state index contributed by atoms with van der Waals surface area (Å²) in [6, 6.07) is 30.2. The number of rotatable bonds is 13. The fourth-order valence-corrected chi connectivity index (χ4v) is 4.82. The first-order valence-electron chi connectivity index (χ1n) is 14.8. The van der Waals surface area contributed by atoms with Crippen molar-refractivity contribution in [1.29, 1.82) is 0 Å². The molecule has 1 N–H and O–H groups in total. The van der Waals surface area contributed by atoms with E-state index < -0.39 is 17.4 Å². The molecular weight excluding hydrogens is 568 g/mol. The summed E-state index contributed by atoms with van der Waals surface area (Å²) in [4.78, 5) is 41.0. The lowest BCUT2D eigenvalue weighted by molar-refractivity contribution is -0.141. The molecule has 0 aromatic heterocycles. The van der Waals surface area contributed by atoms with Gasteiger partial charge in [0.15, 0.2) is 5.78 Å².